The van der Waals surface area contributed by atoms with Crippen LogP contribution in [0.3, 0.4) is 0 Å². The molecule has 114 valence electrons. The zero-order chi connectivity index (χ0) is 15.6. The fourth-order valence-corrected chi connectivity index (χ4v) is 3.07. The number of aliphatic hydroxyl groups excluding tert-OH is 1. The summed E-state index contributed by atoms with van der Waals surface area (Å²) in [7, 11) is 0. The molecule has 0 saturated heterocycles. The van der Waals surface area contributed by atoms with Crippen LogP contribution in [-0.2, 0) is 0 Å². The molecule has 0 aliphatic rings. The highest BCUT2D eigenvalue weighted by molar-refractivity contribution is 6.33. The van der Waals surface area contributed by atoms with Crippen LogP contribution >= 0.6 is 23.2 Å². The Balaban J connectivity index is 2.67. The molecule has 2 nitrogen and oxygen atoms in total. The molecule has 20 heavy (non-hydrogen) atoms. The maximum Gasteiger partial charge on any atom is 0.0929 e. The van der Waals surface area contributed by atoms with Gasteiger partial charge in [0.1, 0.15) is 0 Å². The molecule has 2 N–H and O–H groups in total. The Morgan fingerprint density at radius 1 is 1.15 bits per heavy atom. The predicted molar refractivity (Wildman–Crippen MR) is 87.6 cm³/mol. The fraction of sp³-hybridized carbons (Fsp3) is 0.625. The Kier molecular flexibility index (Phi) is 5.91. The summed E-state index contributed by atoms with van der Waals surface area (Å²) in [6, 6.07) is 5.15. The first-order valence-electron chi connectivity index (χ1n) is 6.88. The van der Waals surface area contributed by atoms with Crippen LogP contribution in [-0.4, -0.2) is 17.2 Å². The molecule has 0 spiro atoms. The van der Waals surface area contributed by atoms with Crippen molar-refractivity contribution in [1.82, 2.24) is 5.32 Å². The largest absolute Gasteiger partial charge is 0.387 e. The minimum Gasteiger partial charge on any atom is -0.387 e. The SMILES string of the molecule is CC(C)(C)CC(C)(C)NCC(O)c1cc(Cl)ccc1Cl. The Hall–Kier alpha value is -0.280. The molecule has 0 radical (unpaired) electrons. The molecule has 0 fully saturated rings. The second-order valence-electron chi connectivity index (χ2n) is 7.18. The maximum atomic E-state index is 10.3. The average molecular weight is 318 g/mol. The van der Waals surface area contributed by atoms with E-state index in [1.807, 2.05) is 0 Å². The Morgan fingerprint density at radius 2 is 1.75 bits per heavy atom. The van der Waals surface area contributed by atoms with Gasteiger partial charge >= 0.3 is 0 Å². The summed E-state index contributed by atoms with van der Waals surface area (Å²) < 4.78 is 0. The van der Waals surface area contributed by atoms with Crippen molar-refractivity contribution in [3.8, 4) is 0 Å². The number of aliphatic hydroxyl groups is 1. The van der Waals surface area contributed by atoms with E-state index in [4.69, 9.17) is 23.2 Å². The number of rotatable bonds is 5. The predicted octanol–water partition coefficient (Wildman–Crippen LogP) is 4.83. The van der Waals surface area contributed by atoms with E-state index in [0.717, 1.165) is 6.42 Å². The molecule has 1 unspecified atom stereocenters. The van der Waals surface area contributed by atoms with Gasteiger partial charge in [0.2, 0.25) is 0 Å². The summed E-state index contributed by atoms with van der Waals surface area (Å²) in [6.45, 7) is 11.4. The summed E-state index contributed by atoms with van der Waals surface area (Å²) in [4.78, 5) is 0. The summed E-state index contributed by atoms with van der Waals surface area (Å²) in [5.41, 5.74) is 0.845. The zero-order valence-electron chi connectivity index (χ0n) is 12.9. The molecular formula is C16H25Cl2NO. The van der Waals surface area contributed by atoms with Gasteiger partial charge in [-0.1, -0.05) is 44.0 Å². The van der Waals surface area contributed by atoms with Gasteiger partial charge in [-0.2, -0.15) is 0 Å². The van der Waals surface area contributed by atoms with Crippen LogP contribution < -0.4 is 5.32 Å². The molecule has 1 aromatic rings. The van der Waals surface area contributed by atoms with Crippen molar-refractivity contribution in [3.05, 3.63) is 33.8 Å². The van der Waals surface area contributed by atoms with Crippen molar-refractivity contribution in [2.24, 2.45) is 5.41 Å². The van der Waals surface area contributed by atoms with E-state index in [1.54, 1.807) is 18.2 Å². The lowest BCUT2D eigenvalue weighted by Gasteiger charge is -2.34. The van der Waals surface area contributed by atoms with Gasteiger partial charge in [0.15, 0.2) is 0 Å². The molecule has 0 heterocycles. The van der Waals surface area contributed by atoms with Crippen LogP contribution in [0.5, 0.6) is 0 Å². The van der Waals surface area contributed by atoms with Crippen LogP contribution in [0.1, 0.15) is 52.7 Å². The molecule has 0 saturated carbocycles. The van der Waals surface area contributed by atoms with Crippen molar-refractivity contribution in [2.75, 3.05) is 6.54 Å². The van der Waals surface area contributed by atoms with Gasteiger partial charge in [-0.25, -0.2) is 0 Å². The highest BCUT2D eigenvalue weighted by Gasteiger charge is 2.26. The van der Waals surface area contributed by atoms with Crippen LogP contribution in [0.25, 0.3) is 0 Å². The molecule has 1 rings (SSSR count). The number of hydrogen-bond donors (Lipinski definition) is 2. The second-order valence-corrected chi connectivity index (χ2v) is 8.03. The number of halogens is 2. The Bertz CT molecular complexity index is 452. The lowest BCUT2D eigenvalue weighted by Crippen LogP contribution is -2.44. The van der Waals surface area contributed by atoms with E-state index in [0.29, 0.717) is 22.2 Å². The van der Waals surface area contributed by atoms with E-state index < -0.39 is 6.10 Å². The van der Waals surface area contributed by atoms with Gasteiger partial charge in [0.25, 0.3) is 0 Å². The van der Waals surface area contributed by atoms with Gasteiger partial charge in [-0.05, 0) is 43.9 Å². The third-order valence-electron chi connectivity index (χ3n) is 3.06. The molecular weight excluding hydrogens is 293 g/mol. The highest BCUT2D eigenvalue weighted by Crippen LogP contribution is 2.29. The second kappa shape index (κ2) is 6.65. The Morgan fingerprint density at radius 3 is 2.30 bits per heavy atom. The lowest BCUT2D eigenvalue weighted by molar-refractivity contribution is 0.148. The maximum absolute atomic E-state index is 10.3. The number of hydrogen-bond acceptors (Lipinski definition) is 2. The topological polar surface area (TPSA) is 32.3 Å². The van der Waals surface area contributed by atoms with Gasteiger partial charge in [-0.15, -0.1) is 0 Å². The first-order valence-corrected chi connectivity index (χ1v) is 7.64. The van der Waals surface area contributed by atoms with Crippen LogP contribution in [0.2, 0.25) is 10.0 Å². The summed E-state index contributed by atoms with van der Waals surface area (Å²) >= 11 is 12.0. The van der Waals surface area contributed by atoms with E-state index in [1.165, 1.54) is 0 Å². The Labute approximate surface area is 132 Å². The van der Waals surface area contributed by atoms with Crippen LogP contribution in [0.15, 0.2) is 18.2 Å². The van der Waals surface area contributed by atoms with Gasteiger partial charge in [-0.3, -0.25) is 0 Å². The molecule has 0 aromatic heterocycles. The van der Waals surface area contributed by atoms with E-state index in [2.05, 4.69) is 39.9 Å². The minimum atomic E-state index is -0.666. The molecule has 0 bridgehead atoms. The standard InChI is InChI=1S/C16H25Cl2NO/c1-15(2,3)10-16(4,5)19-9-14(20)12-8-11(17)6-7-13(12)18/h6-8,14,19-20H,9-10H2,1-5H3. The highest BCUT2D eigenvalue weighted by atomic mass is 35.5. The first kappa shape index (κ1) is 17.8. The molecule has 0 amide bonds. The van der Waals surface area contributed by atoms with Crippen molar-refractivity contribution >= 4 is 23.2 Å². The van der Waals surface area contributed by atoms with Gasteiger partial charge in [0, 0.05) is 27.7 Å². The third-order valence-corrected chi connectivity index (χ3v) is 3.64. The first-order chi connectivity index (χ1) is 9.00. The van der Waals surface area contributed by atoms with Crippen molar-refractivity contribution in [1.29, 1.82) is 0 Å². The molecule has 1 atom stereocenters. The van der Waals surface area contributed by atoms with Crippen molar-refractivity contribution < 1.29 is 5.11 Å². The van der Waals surface area contributed by atoms with E-state index in [-0.39, 0.29) is 11.0 Å². The summed E-state index contributed by atoms with van der Waals surface area (Å²) in [6.07, 6.45) is 0.344. The van der Waals surface area contributed by atoms with Gasteiger partial charge in [0.05, 0.1) is 6.10 Å². The van der Waals surface area contributed by atoms with E-state index >= 15 is 0 Å². The zero-order valence-corrected chi connectivity index (χ0v) is 14.4. The normalized spacial score (nSPS) is 14.4. The molecule has 0 aliphatic heterocycles. The average Bonchev–Trinajstić information content (AvgIpc) is 2.26. The monoisotopic (exact) mass is 317 g/mol. The number of benzene rings is 1. The quantitative estimate of drug-likeness (QED) is 0.815. The number of nitrogens with one attached hydrogen (secondary N) is 1. The van der Waals surface area contributed by atoms with E-state index in [9.17, 15) is 5.11 Å². The third kappa shape index (κ3) is 6.01. The van der Waals surface area contributed by atoms with Gasteiger partial charge < -0.3 is 10.4 Å². The molecule has 4 heteroatoms. The lowest BCUT2D eigenvalue weighted by atomic mass is 9.81. The molecule has 0 aliphatic carbocycles. The smallest absolute Gasteiger partial charge is 0.0929 e. The fourth-order valence-electron chi connectivity index (χ4n) is 2.64. The summed E-state index contributed by atoms with van der Waals surface area (Å²) in [5.74, 6) is 0. The summed E-state index contributed by atoms with van der Waals surface area (Å²) in [5, 5.41) is 14.8. The van der Waals surface area contributed by atoms with Crippen LogP contribution in [0.4, 0.5) is 0 Å². The van der Waals surface area contributed by atoms with Crippen molar-refractivity contribution in [3.63, 3.8) is 0 Å². The van der Waals surface area contributed by atoms with Crippen molar-refractivity contribution in [2.45, 2.75) is 52.7 Å². The minimum absolute atomic E-state index is 0.0513. The van der Waals surface area contributed by atoms with Crippen LogP contribution in [0, 0.1) is 5.41 Å². The number of β-amino-alcohol motifs (C(OH)–C–C–N with tert-alkyl or cyclic N) is 1. The molecule has 1 aromatic carbocycles.